The number of hydrogen-bond donors (Lipinski definition) is 1. The van der Waals surface area contributed by atoms with E-state index in [1.807, 2.05) is 0 Å². The van der Waals surface area contributed by atoms with Gasteiger partial charge in [-0.3, -0.25) is 10.1 Å². The Labute approximate surface area is 274 Å². The smallest absolute Gasteiger partial charge is 0.306 e. The van der Waals surface area contributed by atoms with E-state index in [0.717, 1.165) is 12.1 Å². The van der Waals surface area contributed by atoms with Crippen molar-refractivity contribution in [2.45, 2.75) is 25.7 Å². The number of nitro benzene ring substituents is 1. The van der Waals surface area contributed by atoms with Gasteiger partial charge in [-0.2, -0.15) is 17.6 Å². The van der Waals surface area contributed by atoms with Gasteiger partial charge in [-0.15, -0.1) is 0 Å². The highest BCUT2D eigenvalue weighted by Gasteiger charge is 2.36. The molecule has 0 saturated carbocycles. The van der Waals surface area contributed by atoms with Gasteiger partial charge in [0.15, 0.2) is 48.1 Å². The van der Waals surface area contributed by atoms with Crippen LogP contribution in [0.3, 0.4) is 0 Å². The summed E-state index contributed by atoms with van der Waals surface area (Å²) in [5.74, 6) is -18.8. The monoisotopic (exact) mass is 732 g/mol. The van der Waals surface area contributed by atoms with Crippen molar-refractivity contribution in [2.24, 2.45) is 0 Å². The van der Waals surface area contributed by atoms with E-state index in [4.69, 9.17) is 38.4 Å². The van der Waals surface area contributed by atoms with Crippen LogP contribution in [-0.4, -0.2) is 18.1 Å². The molecule has 48 heavy (non-hydrogen) atoms. The molecule has 4 aromatic carbocycles. The summed E-state index contributed by atoms with van der Waals surface area (Å²) in [5, 5.41) is 10.8. The van der Waals surface area contributed by atoms with Crippen LogP contribution in [0, 0.1) is 58.9 Å². The van der Waals surface area contributed by atoms with Gasteiger partial charge in [0.25, 0.3) is 5.69 Å². The van der Waals surface area contributed by atoms with Gasteiger partial charge in [-0.25, -0.2) is 26.3 Å². The second-order valence-corrected chi connectivity index (χ2v) is 10.8. The molecule has 0 atom stereocenters. The zero-order valence-electron chi connectivity index (χ0n) is 24.2. The SMILES string of the molecule is Cc1cc(Cl)c(OCC(F)(F)c2cc(F)c(F)c(F)c2)cc1N.Cc1cc(Cl)c(OCC(F)(F)c2cc(F)c(F)c(F)c2)cc1[N+](=O)[O-]. The van der Waals surface area contributed by atoms with Crippen molar-refractivity contribution in [3.05, 3.63) is 126 Å². The van der Waals surface area contributed by atoms with Crippen LogP contribution >= 0.6 is 23.2 Å². The molecule has 0 aliphatic rings. The highest BCUT2D eigenvalue weighted by molar-refractivity contribution is 6.32. The fraction of sp³-hybridized carbons (Fsp3) is 0.200. The van der Waals surface area contributed by atoms with E-state index in [-0.39, 0.29) is 51.3 Å². The summed E-state index contributed by atoms with van der Waals surface area (Å²) in [5.41, 5.74) is 4.14. The maximum absolute atomic E-state index is 14.0. The maximum Gasteiger partial charge on any atom is 0.306 e. The quantitative estimate of drug-likeness (QED) is 0.0609. The number of ether oxygens (including phenoxy) is 2. The summed E-state index contributed by atoms with van der Waals surface area (Å²) in [6.45, 7) is 0.396. The van der Waals surface area contributed by atoms with Gasteiger partial charge in [0.2, 0.25) is 0 Å². The largest absolute Gasteiger partial charge is 0.485 e. The Hall–Kier alpha value is -4.44. The van der Waals surface area contributed by atoms with Crippen molar-refractivity contribution in [3.8, 4) is 11.5 Å². The van der Waals surface area contributed by atoms with Crippen LogP contribution in [0.15, 0.2) is 48.5 Å². The second-order valence-electron chi connectivity index (χ2n) is 9.96. The Kier molecular flexibility index (Phi) is 11.7. The van der Waals surface area contributed by atoms with E-state index in [1.165, 1.54) is 19.1 Å². The number of rotatable bonds is 9. The number of nitro groups is 1. The number of anilines is 1. The fourth-order valence-corrected chi connectivity index (χ4v) is 4.31. The number of nitrogens with zero attached hydrogens (tertiary/aromatic N) is 1. The number of benzene rings is 4. The molecular formula is C30H20Cl2F10N2O4. The first-order chi connectivity index (χ1) is 22.1. The number of halogens is 12. The summed E-state index contributed by atoms with van der Waals surface area (Å²) in [4.78, 5) is 10.1. The number of nitrogen functional groups attached to an aromatic ring is 1. The van der Waals surface area contributed by atoms with Crippen LogP contribution in [0.2, 0.25) is 10.0 Å². The fourth-order valence-electron chi connectivity index (χ4n) is 3.77. The summed E-state index contributed by atoms with van der Waals surface area (Å²) in [6, 6.07) is 5.42. The molecule has 0 radical (unpaired) electrons. The molecule has 0 unspecified atom stereocenters. The molecule has 0 spiro atoms. The molecule has 0 aromatic heterocycles. The van der Waals surface area contributed by atoms with Crippen LogP contribution < -0.4 is 15.2 Å². The lowest BCUT2D eigenvalue weighted by Gasteiger charge is -2.19. The van der Waals surface area contributed by atoms with Crippen molar-refractivity contribution in [1.82, 2.24) is 0 Å². The van der Waals surface area contributed by atoms with Gasteiger partial charge >= 0.3 is 11.8 Å². The van der Waals surface area contributed by atoms with E-state index in [9.17, 15) is 54.0 Å². The molecule has 0 aliphatic heterocycles. The van der Waals surface area contributed by atoms with Crippen molar-refractivity contribution in [1.29, 1.82) is 0 Å². The topological polar surface area (TPSA) is 87.6 Å². The van der Waals surface area contributed by atoms with E-state index < -0.39 is 87.4 Å². The van der Waals surface area contributed by atoms with Crippen LogP contribution in [0.1, 0.15) is 22.3 Å². The highest BCUT2D eigenvalue weighted by Crippen LogP contribution is 2.37. The van der Waals surface area contributed by atoms with E-state index in [1.54, 1.807) is 6.92 Å². The van der Waals surface area contributed by atoms with Gasteiger partial charge in [0.05, 0.1) is 21.0 Å². The lowest BCUT2D eigenvalue weighted by Crippen LogP contribution is -2.24. The third kappa shape index (κ3) is 8.92. The Bertz CT molecular complexity index is 1820. The molecule has 0 amide bonds. The van der Waals surface area contributed by atoms with Crippen molar-refractivity contribution >= 4 is 34.6 Å². The summed E-state index contributed by atoms with van der Waals surface area (Å²) < 4.78 is 144. The molecular weight excluding hydrogens is 713 g/mol. The first kappa shape index (κ1) is 38.0. The molecule has 0 saturated heterocycles. The van der Waals surface area contributed by atoms with Crippen molar-refractivity contribution in [3.63, 3.8) is 0 Å². The molecule has 0 aliphatic carbocycles. The minimum atomic E-state index is -3.90. The Morgan fingerprint density at radius 1 is 0.667 bits per heavy atom. The minimum Gasteiger partial charge on any atom is -0.485 e. The molecule has 0 heterocycles. The average molecular weight is 733 g/mol. The molecule has 6 nitrogen and oxygen atoms in total. The first-order valence-electron chi connectivity index (χ1n) is 13.0. The van der Waals surface area contributed by atoms with Gasteiger partial charge in [-0.05, 0) is 55.8 Å². The molecule has 258 valence electrons. The lowest BCUT2D eigenvalue weighted by atomic mass is 10.1. The Morgan fingerprint density at radius 2 is 1.02 bits per heavy atom. The predicted octanol–water partition coefficient (Wildman–Crippen LogP) is 9.96. The summed E-state index contributed by atoms with van der Waals surface area (Å²) in [6.07, 6.45) is 0. The normalized spacial score (nSPS) is 11.5. The zero-order valence-corrected chi connectivity index (χ0v) is 25.7. The molecule has 0 bridgehead atoms. The Balaban J connectivity index is 0.000000261. The van der Waals surface area contributed by atoms with Gasteiger partial charge in [0.1, 0.15) is 11.5 Å². The average Bonchev–Trinajstić information content (AvgIpc) is 2.99. The molecule has 2 N–H and O–H groups in total. The molecule has 18 heteroatoms. The number of hydrogen-bond acceptors (Lipinski definition) is 5. The molecule has 0 fully saturated rings. The predicted molar refractivity (Wildman–Crippen MR) is 155 cm³/mol. The number of alkyl halides is 4. The van der Waals surface area contributed by atoms with E-state index >= 15 is 0 Å². The standard InChI is InChI=1S/C15H9ClF5NO3.C15H11ClF5NO/c1-7-2-9(16)13(5-12(7)22(23)24)25-6-15(20,21)8-3-10(17)14(19)11(18)4-8;1-7-2-9(16)13(5-12(7)22)23-6-15(20,21)8-3-10(17)14(19)11(18)4-8/h2-5H,6H2,1H3;2-5H,6,22H2,1H3. The van der Waals surface area contributed by atoms with Crippen LogP contribution in [0.25, 0.3) is 0 Å². The lowest BCUT2D eigenvalue weighted by molar-refractivity contribution is -0.385. The van der Waals surface area contributed by atoms with E-state index in [2.05, 4.69) is 0 Å². The van der Waals surface area contributed by atoms with Crippen molar-refractivity contribution < 1.29 is 58.3 Å². The van der Waals surface area contributed by atoms with Crippen molar-refractivity contribution in [2.75, 3.05) is 18.9 Å². The van der Waals surface area contributed by atoms with Gasteiger partial charge < -0.3 is 15.2 Å². The number of aryl methyl sites for hydroxylation is 2. The van der Waals surface area contributed by atoms with E-state index in [0.29, 0.717) is 5.56 Å². The maximum atomic E-state index is 14.0. The number of nitrogens with two attached hydrogens (primary N) is 1. The second kappa shape index (κ2) is 14.8. The summed E-state index contributed by atoms with van der Waals surface area (Å²) >= 11 is 11.6. The minimum absolute atomic E-state index is 0.0592. The molecule has 4 rings (SSSR count). The van der Waals surface area contributed by atoms with Gasteiger partial charge in [-0.1, -0.05) is 23.2 Å². The Morgan fingerprint density at radius 3 is 1.40 bits per heavy atom. The highest BCUT2D eigenvalue weighted by atomic mass is 35.5. The summed E-state index contributed by atoms with van der Waals surface area (Å²) in [7, 11) is 0. The zero-order chi connectivity index (χ0) is 36.3. The third-order valence-electron chi connectivity index (χ3n) is 6.40. The van der Waals surface area contributed by atoms with Crippen LogP contribution in [-0.2, 0) is 11.8 Å². The first-order valence-corrected chi connectivity index (χ1v) is 13.7. The van der Waals surface area contributed by atoms with Gasteiger partial charge in [0, 0.05) is 28.4 Å². The van der Waals surface area contributed by atoms with Crippen LogP contribution in [0.5, 0.6) is 11.5 Å². The third-order valence-corrected chi connectivity index (χ3v) is 6.99. The molecule has 4 aromatic rings. The van der Waals surface area contributed by atoms with Crippen LogP contribution in [0.4, 0.5) is 55.3 Å².